The van der Waals surface area contributed by atoms with Gasteiger partial charge in [-0.2, -0.15) is 5.10 Å². The Morgan fingerprint density at radius 2 is 2.38 bits per heavy atom. The molecule has 0 unspecified atom stereocenters. The molecule has 0 saturated heterocycles. The predicted octanol–water partition coefficient (Wildman–Crippen LogP) is 1.03. The first-order chi connectivity index (χ1) is 7.88. The lowest BCUT2D eigenvalue weighted by molar-refractivity contribution is 0.146. The second-order valence-electron chi connectivity index (χ2n) is 3.32. The number of alkyl halides is 1. The number of aromatic nitrogens is 3. The van der Waals surface area contributed by atoms with E-state index in [1.165, 1.54) is 0 Å². The van der Waals surface area contributed by atoms with Crippen LogP contribution in [0.5, 0.6) is 0 Å². The van der Waals surface area contributed by atoms with Gasteiger partial charge < -0.3 is 10.1 Å². The highest BCUT2D eigenvalue weighted by molar-refractivity contribution is 6.17. The van der Waals surface area contributed by atoms with Gasteiger partial charge >= 0.3 is 0 Å². The highest BCUT2D eigenvalue weighted by Gasteiger charge is 2.00. The maximum absolute atomic E-state index is 5.48. The van der Waals surface area contributed by atoms with Crippen LogP contribution in [0.15, 0.2) is 6.33 Å². The molecule has 0 saturated carbocycles. The van der Waals surface area contributed by atoms with Crippen molar-refractivity contribution in [2.75, 3.05) is 25.6 Å². The first-order valence-corrected chi connectivity index (χ1v) is 6.13. The molecule has 1 aromatic rings. The van der Waals surface area contributed by atoms with Crippen molar-refractivity contribution in [1.82, 2.24) is 20.1 Å². The molecular weight excluding hydrogens is 228 g/mol. The summed E-state index contributed by atoms with van der Waals surface area (Å²) in [5.74, 6) is 1.54. The summed E-state index contributed by atoms with van der Waals surface area (Å²) in [4.78, 5) is 4.17. The summed E-state index contributed by atoms with van der Waals surface area (Å²) >= 11 is 5.48. The standard InChI is InChI=1S/C10H19ClN4O/c1-2-15-10(13-9-14-15)8-12-5-3-6-16-7-4-11/h9,12H,2-8H2,1H3. The molecule has 0 aliphatic rings. The van der Waals surface area contributed by atoms with Crippen molar-refractivity contribution in [2.45, 2.75) is 26.4 Å². The van der Waals surface area contributed by atoms with Crippen LogP contribution in [0.25, 0.3) is 0 Å². The Hall–Kier alpha value is -0.650. The Labute approximate surface area is 101 Å². The Bertz CT molecular complexity index is 280. The highest BCUT2D eigenvalue weighted by Crippen LogP contribution is 1.93. The molecule has 0 atom stereocenters. The second kappa shape index (κ2) is 8.50. The summed E-state index contributed by atoms with van der Waals surface area (Å²) < 4.78 is 7.15. The minimum absolute atomic E-state index is 0.563. The third kappa shape index (κ3) is 4.92. The van der Waals surface area contributed by atoms with E-state index in [-0.39, 0.29) is 0 Å². The molecule has 0 amide bonds. The molecule has 6 heteroatoms. The SMILES string of the molecule is CCn1ncnc1CNCCCOCCCl. The molecule has 1 heterocycles. The molecule has 0 bridgehead atoms. The van der Waals surface area contributed by atoms with E-state index in [0.29, 0.717) is 12.5 Å². The van der Waals surface area contributed by atoms with Crippen LogP contribution in [0.3, 0.4) is 0 Å². The van der Waals surface area contributed by atoms with E-state index in [4.69, 9.17) is 16.3 Å². The van der Waals surface area contributed by atoms with Gasteiger partial charge in [-0.3, -0.25) is 0 Å². The van der Waals surface area contributed by atoms with Crippen molar-refractivity contribution < 1.29 is 4.74 Å². The molecule has 5 nitrogen and oxygen atoms in total. The number of halogens is 1. The quantitative estimate of drug-likeness (QED) is 0.523. The van der Waals surface area contributed by atoms with Crippen LogP contribution < -0.4 is 5.32 Å². The summed E-state index contributed by atoms with van der Waals surface area (Å²) in [7, 11) is 0. The van der Waals surface area contributed by atoms with E-state index in [2.05, 4.69) is 22.3 Å². The third-order valence-corrected chi connectivity index (χ3v) is 2.30. The fraction of sp³-hybridized carbons (Fsp3) is 0.800. The Balaban J connectivity index is 2.03. The van der Waals surface area contributed by atoms with Gasteiger partial charge in [0.25, 0.3) is 0 Å². The molecule has 16 heavy (non-hydrogen) atoms. The van der Waals surface area contributed by atoms with Crippen molar-refractivity contribution >= 4 is 11.6 Å². The average Bonchev–Trinajstić information content (AvgIpc) is 2.75. The van der Waals surface area contributed by atoms with Crippen LogP contribution >= 0.6 is 11.6 Å². The number of nitrogens with zero attached hydrogens (tertiary/aromatic N) is 3. The second-order valence-corrected chi connectivity index (χ2v) is 3.70. The van der Waals surface area contributed by atoms with Gasteiger partial charge in [-0.05, 0) is 19.9 Å². The van der Waals surface area contributed by atoms with E-state index in [1.54, 1.807) is 6.33 Å². The molecule has 1 N–H and O–H groups in total. The van der Waals surface area contributed by atoms with Gasteiger partial charge in [0.2, 0.25) is 0 Å². The smallest absolute Gasteiger partial charge is 0.140 e. The first kappa shape index (κ1) is 13.4. The summed E-state index contributed by atoms with van der Waals surface area (Å²) in [5, 5.41) is 7.40. The van der Waals surface area contributed by atoms with Gasteiger partial charge in [-0.25, -0.2) is 9.67 Å². The fourth-order valence-electron chi connectivity index (χ4n) is 1.35. The predicted molar refractivity (Wildman–Crippen MR) is 63.6 cm³/mol. The lowest BCUT2D eigenvalue weighted by Gasteiger charge is -2.05. The number of hydrogen-bond donors (Lipinski definition) is 1. The first-order valence-electron chi connectivity index (χ1n) is 5.59. The molecule has 1 rings (SSSR count). The molecule has 1 aromatic heterocycles. The zero-order chi connectivity index (χ0) is 11.6. The molecular formula is C10H19ClN4O. The Morgan fingerprint density at radius 3 is 3.12 bits per heavy atom. The number of nitrogens with one attached hydrogen (secondary N) is 1. The van der Waals surface area contributed by atoms with E-state index >= 15 is 0 Å². The van der Waals surface area contributed by atoms with Crippen molar-refractivity contribution in [2.24, 2.45) is 0 Å². The van der Waals surface area contributed by atoms with E-state index < -0.39 is 0 Å². The minimum Gasteiger partial charge on any atom is -0.380 e. The maximum atomic E-state index is 5.48. The lowest BCUT2D eigenvalue weighted by atomic mass is 10.4. The highest BCUT2D eigenvalue weighted by atomic mass is 35.5. The zero-order valence-electron chi connectivity index (χ0n) is 9.65. The van der Waals surface area contributed by atoms with E-state index in [0.717, 1.165) is 38.5 Å². The minimum atomic E-state index is 0.563. The Morgan fingerprint density at radius 1 is 1.50 bits per heavy atom. The monoisotopic (exact) mass is 246 g/mol. The number of ether oxygens (including phenoxy) is 1. The number of rotatable bonds is 9. The lowest BCUT2D eigenvalue weighted by Crippen LogP contribution is -2.19. The molecule has 0 fully saturated rings. The van der Waals surface area contributed by atoms with Crippen molar-refractivity contribution in [3.63, 3.8) is 0 Å². The molecule has 0 aromatic carbocycles. The summed E-state index contributed by atoms with van der Waals surface area (Å²) in [6.45, 7) is 5.96. The van der Waals surface area contributed by atoms with E-state index in [9.17, 15) is 0 Å². The van der Waals surface area contributed by atoms with Gasteiger partial charge in [-0.15, -0.1) is 11.6 Å². The normalized spacial score (nSPS) is 10.9. The van der Waals surface area contributed by atoms with Gasteiger partial charge in [0.05, 0.1) is 13.2 Å². The summed E-state index contributed by atoms with van der Waals surface area (Å²) in [5.41, 5.74) is 0. The third-order valence-electron chi connectivity index (χ3n) is 2.14. The van der Waals surface area contributed by atoms with Crippen LogP contribution in [0.1, 0.15) is 19.2 Å². The van der Waals surface area contributed by atoms with Crippen LogP contribution in [-0.2, 0) is 17.8 Å². The fourth-order valence-corrected chi connectivity index (χ4v) is 1.45. The van der Waals surface area contributed by atoms with Crippen LogP contribution in [0.4, 0.5) is 0 Å². The molecule has 0 radical (unpaired) electrons. The van der Waals surface area contributed by atoms with Gasteiger partial charge in [0.15, 0.2) is 0 Å². The molecule has 0 spiro atoms. The van der Waals surface area contributed by atoms with Crippen molar-refractivity contribution in [3.05, 3.63) is 12.2 Å². The average molecular weight is 247 g/mol. The summed E-state index contributed by atoms with van der Waals surface area (Å²) in [6.07, 6.45) is 2.57. The maximum Gasteiger partial charge on any atom is 0.140 e. The number of hydrogen-bond acceptors (Lipinski definition) is 4. The largest absolute Gasteiger partial charge is 0.380 e. The van der Waals surface area contributed by atoms with Gasteiger partial charge in [0, 0.05) is 19.0 Å². The van der Waals surface area contributed by atoms with Crippen LogP contribution in [0, 0.1) is 0 Å². The molecule has 0 aliphatic carbocycles. The molecule has 0 aliphatic heterocycles. The molecule has 92 valence electrons. The Kier molecular flexibility index (Phi) is 7.12. The topological polar surface area (TPSA) is 52.0 Å². The van der Waals surface area contributed by atoms with Crippen LogP contribution in [-0.4, -0.2) is 40.4 Å². The van der Waals surface area contributed by atoms with E-state index in [1.807, 2.05) is 4.68 Å². The van der Waals surface area contributed by atoms with Gasteiger partial charge in [0.1, 0.15) is 12.2 Å². The summed E-state index contributed by atoms with van der Waals surface area (Å²) in [6, 6.07) is 0. The zero-order valence-corrected chi connectivity index (χ0v) is 10.4. The van der Waals surface area contributed by atoms with Crippen molar-refractivity contribution in [1.29, 1.82) is 0 Å². The number of aryl methyl sites for hydroxylation is 1. The van der Waals surface area contributed by atoms with Gasteiger partial charge in [-0.1, -0.05) is 0 Å². The van der Waals surface area contributed by atoms with Crippen molar-refractivity contribution in [3.8, 4) is 0 Å². The van der Waals surface area contributed by atoms with Crippen LogP contribution in [0.2, 0.25) is 0 Å².